The molecule has 8 aromatic rings. The van der Waals surface area contributed by atoms with Gasteiger partial charge in [0.05, 0.1) is 45.8 Å². The number of rotatable bonds is 7. The maximum Gasteiger partial charge on any atom is 0.438 e. The highest BCUT2D eigenvalue weighted by Crippen LogP contribution is 2.56. The Balaban J connectivity index is 1.06. The summed E-state index contributed by atoms with van der Waals surface area (Å²) in [6.07, 6.45) is 7.17. The summed E-state index contributed by atoms with van der Waals surface area (Å²) in [5.74, 6) is -0.925. The predicted molar refractivity (Wildman–Crippen MR) is 237 cm³/mol. The molecule has 2 fully saturated rings. The molecule has 1 aliphatic carbocycles. The molecule has 4 atom stereocenters. The molecule has 0 spiro atoms. The minimum atomic E-state index is -0.857. The molecule has 1 saturated carbocycles. The number of hydrogen-bond donors (Lipinski definition) is 1. The summed E-state index contributed by atoms with van der Waals surface area (Å²) in [6, 6.07) is 14.3. The third kappa shape index (κ3) is 6.14. The molecule has 1 saturated heterocycles. The largest absolute Gasteiger partial charge is 0.438 e. The summed E-state index contributed by atoms with van der Waals surface area (Å²) in [5, 5.41) is 14.6. The van der Waals surface area contributed by atoms with Crippen LogP contribution in [0.3, 0.4) is 0 Å². The summed E-state index contributed by atoms with van der Waals surface area (Å²) in [4.78, 5) is 47.2. The summed E-state index contributed by atoms with van der Waals surface area (Å²) < 4.78 is 50.2. The molecule has 15 nitrogen and oxygen atoms in total. The van der Waals surface area contributed by atoms with Crippen LogP contribution < -0.4 is 11.4 Å². The van der Waals surface area contributed by atoms with E-state index in [9.17, 15) is 9.59 Å². The van der Waals surface area contributed by atoms with Gasteiger partial charge in [-0.1, -0.05) is 18.1 Å². The van der Waals surface area contributed by atoms with Crippen LogP contribution in [0.15, 0.2) is 81.2 Å². The number of carbonyl (C=O) groups excluding carboxylic acids is 1. The molecular weight excluding hydrogens is 835 g/mol. The molecule has 7 heterocycles. The van der Waals surface area contributed by atoms with Crippen molar-refractivity contribution in [2.45, 2.75) is 90.3 Å². The van der Waals surface area contributed by atoms with Crippen LogP contribution >= 0.6 is 0 Å². The Morgan fingerprint density at radius 3 is 2.38 bits per heavy atom. The smallest absolute Gasteiger partial charge is 0.376 e. The summed E-state index contributed by atoms with van der Waals surface area (Å²) in [6.45, 7) is 12.5. The highest BCUT2D eigenvalue weighted by molar-refractivity contribution is 6.00. The van der Waals surface area contributed by atoms with E-state index in [-0.39, 0.29) is 40.2 Å². The molecule has 0 bridgehead atoms. The van der Waals surface area contributed by atoms with E-state index in [1.54, 1.807) is 65.6 Å². The monoisotopic (exact) mass is 882 g/mol. The average molecular weight is 883 g/mol. The van der Waals surface area contributed by atoms with Crippen molar-refractivity contribution >= 4 is 27.7 Å². The SMILES string of the molecule is Cc1cc(-n2nc3c(c2-n2ccn(-c4ccc5c(cnn5C)c4F)c2=O)[C@@H](C)N(C(=O)c2cc4cc([C@H]5CCOC(C)(C)C5)ccc4n2[C@]2(c4noc(=O)[nH]4)C[C@@H]2C)CC3)cc(C)c1F. The van der Waals surface area contributed by atoms with Crippen LogP contribution in [0.2, 0.25) is 0 Å². The Bertz CT molecular complexity index is 3380. The lowest BCUT2D eigenvalue weighted by Gasteiger charge is -2.35. The normalized spacial score (nSPS) is 21.7. The second-order valence-corrected chi connectivity index (χ2v) is 18.8. The van der Waals surface area contributed by atoms with E-state index >= 15 is 13.6 Å². The number of amides is 1. The Hall–Kier alpha value is -6.88. The maximum atomic E-state index is 16.1. The van der Waals surface area contributed by atoms with Gasteiger partial charge in [-0.2, -0.15) is 10.2 Å². The summed E-state index contributed by atoms with van der Waals surface area (Å²) >= 11 is 0. The van der Waals surface area contributed by atoms with E-state index < -0.39 is 28.8 Å². The van der Waals surface area contributed by atoms with Crippen LogP contribution in [0.25, 0.3) is 39.0 Å². The van der Waals surface area contributed by atoms with Gasteiger partial charge in [-0.05, 0) is 125 Å². The van der Waals surface area contributed by atoms with Gasteiger partial charge < -0.3 is 14.2 Å². The zero-order valence-corrected chi connectivity index (χ0v) is 37.1. The van der Waals surface area contributed by atoms with Gasteiger partial charge in [0.25, 0.3) is 5.91 Å². The van der Waals surface area contributed by atoms with Gasteiger partial charge in [-0.3, -0.25) is 28.1 Å². The molecule has 17 heteroatoms. The number of H-pyrrole nitrogens is 1. The van der Waals surface area contributed by atoms with Crippen molar-refractivity contribution < 1.29 is 22.8 Å². The van der Waals surface area contributed by atoms with E-state index in [0.717, 1.165) is 29.3 Å². The molecule has 1 amide bonds. The quantitative estimate of drug-likeness (QED) is 0.173. The number of hydrogen-bond acceptors (Lipinski definition) is 8. The highest BCUT2D eigenvalue weighted by atomic mass is 19.1. The van der Waals surface area contributed by atoms with E-state index in [4.69, 9.17) is 14.4 Å². The van der Waals surface area contributed by atoms with Gasteiger partial charge in [0.1, 0.15) is 22.9 Å². The average Bonchev–Trinajstić information content (AvgIpc) is 3.90. The number of nitrogens with one attached hydrogen (secondary N) is 1. The molecule has 1 N–H and O–H groups in total. The number of benzene rings is 3. The van der Waals surface area contributed by atoms with Crippen molar-refractivity contribution in [3.63, 3.8) is 0 Å². The topological polar surface area (TPSA) is 156 Å². The van der Waals surface area contributed by atoms with Crippen molar-refractivity contribution in [2.75, 3.05) is 13.2 Å². The first-order valence-corrected chi connectivity index (χ1v) is 22.0. The third-order valence-corrected chi connectivity index (χ3v) is 14.2. The molecule has 2 aliphatic heterocycles. The Morgan fingerprint density at radius 1 is 0.938 bits per heavy atom. The molecule has 11 rings (SSSR count). The first-order chi connectivity index (χ1) is 31.1. The fourth-order valence-corrected chi connectivity index (χ4v) is 10.8. The first kappa shape index (κ1) is 40.9. The second kappa shape index (κ2) is 14.3. The van der Waals surface area contributed by atoms with Crippen LogP contribution in [-0.4, -0.2) is 73.0 Å². The molecule has 334 valence electrons. The fraction of sp³-hybridized carbons (Fsp3) is 0.375. The van der Waals surface area contributed by atoms with E-state index in [1.807, 2.05) is 17.6 Å². The fourth-order valence-electron chi connectivity index (χ4n) is 10.8. The first-order valence-electron chi connectivity index (χ1n) is 22.0. The number of ether oxygens (including phenoxy) is 1. The number of nitrogens with zero attached hydrogens (tertiary/aromatic N) is 9. The number of carbonyl (C=O) groups is 1. The predicted octanol–water partition coefficient (Wildman–Crippen LogP) is 7.44. The number of aromatic nitrogens is 9. The summed E-state index contributed by atoms with van der Waals surface area (Å²) in [7, 11) is 1.72. The highest BCUT2D eigenvalue weighted by Gasteiger charge is 2.59. The van der Waals surface area contributed by atoms with E-state index in [1.165, 1.54) is 21.5 Å². The van der Waals surface area contributed by atoms with Gasteiger partial charge in [0, 0.05) is 55.5 Å². The Morgan fingerprint density at radius 2 is 1.68 bits per heavy atom. The molecule has 5 aromatic heterocycles. The number of aromatic amines is 1. The molecule has 3 aliphatic rings. The molecule has 65 heavy (non-hydrogen) atoms. The molecule has 0 radical (unpaired) electrons. The lowest BCUT2D eigenvalue weighted by atomic mass is 9.83. The number of fused-ring (bicyclic) bond motifs is 3. The van der Waals surface area contributed by atoms with Crippen molar-refractivity contribution in [3.8, 4) is 17.2 Å². The Labute approximate surface area is 370 Å². The number of imidazole rings is 1. The van der Waals surface area contributed by atoms with E-state index in [2.05, 4.69) is 54.2 Å². The summed E-state index contributed by atoms with van der Waals surface area (Å²) in [5.41, 5.74) is 3.92. The van der Waals surface area contributed by atoms with Gasteiger partial charge in [-0.15, -0.1) is 0 Å². The van der Waals surface area contributed by atoms with E-state index in [0.29, 0.717) is 76.9 Å². The van der Waals surface area contributed by atoms with Gasteiger partial charge in [0.15, 0.2) is 11.6 Å². The minimum Gasteiger partial charge on any atom is -0.376 e. The van der Waals surface area contributed by atoms with Crippen LogP contribution in [0.1, 0.15) is 103 Å². The Kier molecular flexibility index (Phi) is 9.00. The molecule has 0 unspecified atom stereocenters. The number of halogens is 2. The minimum absolute atomic E-state index is 0.00109. The standard InChI is InChI=1S/C48H48F2N10O5/c1-25-18-32(19-26(2)40(25)49)60-42(58-16-15-57(46(58)63)37-11-10-36-33(41(37)50)24-51-55(36)7)39-28(4)56(14-12-34(39)53-60)43(61)38-21-31-20-29(30-13-17-64-47(5,6)23-30)8-9-35(31)59(38)48(22-27(48)3)44-52-45(62)65-54-44/h8-11,15-16,18-21,24,27-28,30H,12-14,17,22-23H2,1-7H3,(H,52,54,62)/t27-,28+,30-,48+/m0/s1. The van der Waals surface area contributed by atoms with Gasteiger partial charge in [-0.25, -0.2) is 23.1 Å². The third-order valence-electron chi connectivity index (χ3n) is 14.2. The van der Waals surface area contributed by atoms with Crippen molar-refractivity contribution in [3.05, 3.63) is 139 Å². The zero-order chi connectivity index (χ0) is 45.4. The van der Waals surface area contributed by atoms with Crippen LogP contribution in [0.4, 0.5) is 8.78 Å². The van der Waals surface area contributed by atoms with Crippen molar-refractivity contribution in [2.24, 2.45) is 13.0 Å². The molecule has 3 aromatic carbocycles. The maximum absolute atomic E-state index is 16.1. The van der Waals surface area contributed by atoms with Crippen LogP contribution in [-0.2, 0) is 23.7 Å². The van der Waals surface area contributed by atoms with Crippen molar-refractivity contribution in [1.29, 1.82) is 0 Å². The lowest BCUT2D eigenvalue weighted by Crippen LogP contribution is -2.41. The lowest BCUT2D eigenvalue weighted by molar-refractivity contribution is -0.0592. The molecular formula is C48H48F2N10O5. The number of aryl methyl sites for hydroxylation is 3. The van der Waals surface area contributed by atoms with Crippen LogP contribution in [0.5, 0.6) is 0 Å². The second-order valence-electron chi connectivity index (χ2n) is 18.8. The van der Waals surface area contributed by atoms with Crippen molar-refractivity contribution in [1.82, 2.24) is 48.3 Å². The van der Waals surface area contributed by atoms with Gasteiger partial charge >= 0.3 is 11.4 Å². The zero-order valence-electron chi connectivity index (χ0n) is 37.1. The van der Waals surface area contributed by atoms with Gasteiger partial charge in [0.2, 0.25) is 0 Å². The van der Waals surface area contributed by atoms with Crippen LogP contribution in [0, 0.1) is 31.4 Å².